The molecule has 3 fully saturated rings. The van der Waals surface area contributed by atoms with Gasteiger partial charge in [0, 0.05) is 12.7 Å². The van der Waals surface area contributed by atoms with Gasteiger partial charge < -0.3 is 10.0 Å². The summed E-state index contributed by atoms with van der Waals surface area (Å²) in [4.78, 5) is 6.63. The van der Waals surface area contributed by atoms with Crippen molar-refractivity contribution in [2.75, 3.05) is 11.4 Å². The van der Waals surface area contributed by atoms with Crippen LogP contribution in [0.2, 0.25) is 0 Å². The fourth-order valence-electron chi connectivity index (χ4n) is 4.30. The Balaban J connectivity index is 1.68. The van der Waals surface area contributed by atoms with Gasteiger partial charge in [-0.1, -0.05) is 0 Å². The van der Waals surface area contributed by atoms with E-state index in [4.69, 9.17) is 5.26 Å². The zero-order chi connectivity index (χ0) is 12.3. The molecule has 0 amide bonds. The van der Waals surface area contributed by atoms with Crippen LogP contribution in [0.1, 0.15) is 18.4 Å². The summed E-state index contributed by atoms with van der Waals surface area (Å²) >= 11 is 0. The van der Waals surface area contributed by atoms with Crippen LogP contribution in [-0.2, 0) is 0 Å². The Bertz CT molecular complexity index is 519. The van der Waals surface area contributed by atoms with Crippen molar-refractivity contribution in [2.45, 2.75) is 25.0 Å². The molecule has 1 aromatic heterocycles. The van der Waals surface area contributed by atoms with Crippen LogP contribution in [0, 0.1) is 29.1 Å². The quantitative estimate of drug-likeness (QED) is 0.801. The highest BCUT2D eigenvalue weighted by atomic mass is 16.3. The minimum atomic E-state index is -0.189. The fourth-order valence-corrected chi connectivity index (χ4v) is 4.30. The van der Waals surface area contributed by atoms with E-state index >= 15 is 0 Å². The molecule has 4 heteroatoms. The van der Waals surface area contributed by atoms with Gasteiger partial charge in [-0.2, -0.15) is 5.26 Å². The molecule has 4 rings (SSSR count). The summed E-state index contributed by atoms with van der Waals surface area (Å²) in [5.41, 5.74) is 0.589. The summed E-state index contributed by atoms with van der Waals surface area (Å²) in [6.45, 7) is 1.02. The lowest BCUT2D eigenvalue weighted by molar-refractivity contribution is 0.0965. The van der Waals surface area contributed by atoms with Crippen LogP contribution in [-0.4, -0.2) is 28.8 Å². The number of aliphatic hydroxyl groups is 1. The van der Waals surface area contributed by atoms with Crippen molar-refractivity contribution in [3.63, 3.8) is 0 Å². The van der Waals surface area contributed by atoms with Crippen LogP contribution in [0.15, 0.2) is 18.3 Å². The smallest absolute Gasteiger partial charge is 0.128 e. The first-order valence-electron chi connectivity index (χ1n) is 6.59. The summed E-state index contributed by atoms with van der Waals surface area (Å²) in [5.74, 6) is 2.81. The van der Waals surface area contributed by atoms with Gasteiger partial charge in [0.25, 0.3) is 0 Å². The minimum Gasteiger partial charge on any atom is -0.391 e. The molecule has 4 nitrogen and oxygen atoms in total. The maximum Gasteiger partial charge on any atom is 0.128 e. The van der Waals surface area contributed by atoms with Crippen LogP contribution in [0.25, 0.3) is 0 Å². The number of aliphatic hydroxyl groups excluding tert-OH is 1. The van der Waals surface area contributed by atoms with Crippen molar-refractivity contribution >= 4 is 5.82 Å². The Kier molecular flexibility index (Phi) is 1.98. The molecule has 92 valence electrons. The van der Waals surface area contributed by atoms with Crippen molar-refractivity contribution < 1.29 is 5.11 Å². The van der Waals surface area contributed by atoms with E-state index in [-0.39, 0.29) is 12.1 Å². The van der Waals surface area contributed by atoms with E-state index in [9.17, 15) is 5.11 Å². The van der Waals surface area contributed by atoms with Gasteiger partial charge in [-0.05, 0) is 42.7 Å². The van der Waals surface area contributed by atoms with Crippen molar-refractivity contribution in [2.24, 2.45) is 17.8 Å². The average molecular weight is 241 g/mol. The predicted octanol–water partition coefficient (Wildman–Crippen LogP) is 1.16. The summed E-state index contributed by atoms with van der Waals surface area (Å²) in [6, 6.07) is 6.06. The van der Waals surface area contributed by atoms with E-state index in [0.717, 1.165) is 18.3 Å². The van der Waals surface area contributed by atoms with Gasteiger partial charge in [-0.25, -0.2) is 4.98 Å². The monoisotopic (exact) mass is 241 g/mol. The fraction of sp³-hybridized carbons (Fsp3) is 0.571. The Morgan fingerprint density at radius 3 is 2.89 bits per heavy atom. The van der Waals surface area contributed by atoms with E-state index in [1.165, 1.54) is 12.8 Å². The number of nitriles is 1. The molecule has 0 spiro atoms. The second kappa shape index (κ2) is 3.46. The van der Waals surface area contributed by atoms with E-state index < -0.39 is 0 Å². The normalized spacial score (nSPS) is 40.2. The first kappa shape index (κ1) is 10.3. The van der Waals surface area contributed by atoms with E-state index in [2.05, 4.69) is 16.0 Å². The van der Waals surface area contributed by atoms with Gasteiger partial charge in [-0.3, -0.25) is 0 Å². The van der Waals surface area contributed by atoms with Gasteiger partial charge in [0.1, 0.15) is 11.9 Å². The number of hydrogen-bond acceptors (Lipinski definition) is 4. The van der Waals surface area contributed by atoms with Crippen molar-refractivity contribution in [1.29, 1.82) is 5.26 Å². The van der Waals surface area contributed by atoms with Gasteiger partial charge in [0.05, 0.1) is 17.7 Å². The molecule has 2 heterocycles. The second-order valence-electron chi connectivity index (χ2n) is 5.81. The van der Waals surface area contributed by atoms with Gasteiger partial charge >= 0.3 is 0 Å². The molecule has 3 aliphatic rings. The van der Waals surface area contributed by atoms with Gasteiger partial charge in [0.15, 0.2) is 0 Å². The first-order chi connectivity index (χ1) is 8.78. The van der Waals surface area contributed by atoms with E-state index in [1.54, 1.807) is 12.3 Å². The number of nitrogens with zero attached hydrogens (tertiary/aromatic N) is 3. The number of fused-ring (bicyclic) bond motifs is 1. The molecule has 2 aliphatic carbocycles. The number of rotatable bonds is 1. The lowest BCUT2D eigenvalue weighted by Gasteiger charge is -2.29. The first-order valence-corrected chi connectivity index (χ1v) is 6.59. The molecular formula is C14H15N3O. The van der Waals surface area contributed by atoms with E-state index in [1.807, 2.05) is 6.07 Å². The molecule has 5 atom stereocenters. The van der Waals surface area contributed by atoms with Gasteiger partial charge in [-0.15, -0.1) is 0 Å². The van der Waals surface area contributed by atoms with Crippen LogP contribution in [0.3, 0.4) is 0 Å². The maximum absolute atomic E-state index is 10.3. The summed E-state index contributed by atoms with van der Waals surface area (Å²) in [5, 5.41) is 19.1. The standard InChI is InChI=1S/C14H15N3O/c15-5-8-1-2-12(16-6-8)17-7-10-3-9-4-11(10)13(17)14(9)18/h1-2,6,9-11,13-14,18H,3-4,7H2. The number of pyridine rings is 1. The second-order valence-corrected chi connectivity index (χ2v) is 5.81. The molecule has 0 radical (unpaired) electrons. The van der Waals surface area contributed by atoms with Crippen LogP contribution >= 0.6 is 0 Å². The SMILES string of the molecule is N#Cc1ccc(N2CC3CC4CC3C2C4O)nc1. The molecular weight excluding hydrogens is 226 g/mol. The summed E-state index contributed by atoms with van der Waals surface area (Å²) in [7, 11) is 0. The van der Waals surface area contributed by atoms with E-state index in [0.29, 0.717) is 17.4 Å². The molecule has 2 saturated carbocycles. The van der Waals surface area contributed by atoms with Crippen LogP contribution in [0.5, 0.6) is 0 Å². The van der Waals surface area contributed by atoms with Crippen LogP contribution < -0.4 is 4.90 Å². The number of hydrogen-bond donors (Lipinski definition) is 1. The highest BCUT2D eigenvalue weighted by molar-refractivity contribution is 5.46. The summed E-state index contributed by atoms with van der Waals surface area (Å²) < 4.78 is 0. The molecule has 0 aromatic carbocycles. The zero-order valence-electron chi connectivity index (χ0n) is 10.0. The Labute approximate surface area is 106 Å². The van der Waals surface area contributed by atoms with Crippen molar-refractivity contribution in [3.05, 3.63) is 23.9 Å². The molecule has 18 heavy (non-hydrogen) atoms. The maximum atomic E-state index is 10.3. The number of aromatic nitrogens is 1. The molecule has 2 bridgehead atoms. The minimum absolute atomic E-state index is 0.189. The molecule has 1 N–H and O–H groups in total. The lowest BCUT2D eigenvalue weighted by Crippen LogP contribution is -2.41. The van der Waals surface area contributed by atoms with Crippen molar-refractivity contribution in [3.8, 4) is 6.07 Å². The third-order valence-corrected chi connectivity index (χ3v) is 5.02. The third-order valence-electron chi connectivity index (χ3n) is 5.02. The Morgan fingerprint density at radius 1 is 1.33 bits per heavy atom. The largest absolute Gasteiger partial charge is 0.391 e. The molecule has 1 saturated heterocycles. The Hall–Kier alpha value is -1.60. The molecule has 1 aliphatic heterocycles. The number of anilines is 1. The molecule has 5 unspecified atom stereocenters. The average Bonchev–Trinajstić information content (AvgIpc) is 3.00. The zero-order valence-corrected chi connectivity index (χ0v) is 10.0. The van der Waals surface area contributed by atoms with Crippen molar-refractivity contribution in [1.82, 2.24) is 4.98 Å². The molecule has 1 aromatic rings. The predicted molar refractivity (Wildman–Crippen MR) is 65.8 cm³/mol. The lowest BCUT2D eigenvalue weighted by atomic mass is 9.88. The summed E-state index contributed by atoms with van der Waals surface area (Å²) in [6.07, 6.45) is 3.79. The third kappa shape index (κ3) is 1.20. The topological polar surface area (TPSA) is 60.2 Å². The van der Waals surface area contributed by atoms with Crippen LogP contribution in [0.4, 0.5) is 5.82 Å². The Morgan fingerprint density at radius 2 is 2.22 bits per heavy atom. The van der Waals surface area contributed by atoms with Gasteiger partial charge in [0.2, 0.25) is 0 Å². The highest BCUT2D eigenvalue weighted by Crippen LogP contribution is 2.55. The highest BCUT2D eigenvalue weighted by Gasteiger charge is 2.59.